The molecule has 0 aliphatic carbocycles. The zero-order valence-electron chi connectivity index (χ0n) is 17.9. The number of carbonyl (C=O) groups is 1. The van der Waals surface area contributed by atoms with Crippen molar-refractivity contribution in [3.8, 4) is 5.69 Å². The Morgan fingerprint density at radius 2 is 2.00 bits per heavy atom. The van der Waals surface area contributed by atoms with E-state index in [-0.39, 0.29) is 12.3 Å². The van der Waals surface area contributed by atoms with Crippen molar-refractivity contribution in [1.82, 2.24) is 19.6 Å². The SMILES string of the molecule is CN(C)C[C@H]1CCCN(Cc2ccc(-n3cc4cccc(CC(N)=O)c4n3)cc2)C1. The summed E-state index contributed by atoms with van der Waals surface area (Å²) in [5.41, 5.74) is 9.43. The fraction of sp³-hybridized carbons (Fsp3) is 0.417. The smallest absolute Gasteiger partial charge is 0.221 e. The fourth-order valence-electron chi connectivity index (χ4n) is 4.54. The molecule has 0 bridgehead atoms. The van der Waals surface area contributed by atoms with E-state index in [1.165, 1.54) is 38.0 Å². The first-order valence-electron chi connectivity index (χ1n) is 10.7. The van der Waals surface area contributed by atoms with Gasteiger partial charge in [0.2, 0.25) is 5.91 Å². The van der Waals surface area contributed by atoms with Gasteiger partial charge in [0.15, 0.2) is 0 Å². The molecule has 6 heteroatoms. The largest absolute Gasteiger partial charge is 0.369 e. The van der Waals surface area contributed by atoms with Gasteiger partial charge in [-0.25, -0.2) is 4.68 Å². The molecule has 0 spiro atoms. The first-order valence-corrected chi connectivity index (χ1v) is 10.7. The molecule has 0 radical (unpaired) electrons. The van der Waals surface area contributed by atoms with Crippen LogP contribution in [0.4, 0.5) is 0 Å². The molecule has 0 unspecified atom stereocenters. The minimum absolute atomic E-state index is 0.206. The maximum atomic E-state index is 11.3. The van der Waals surface area contributed by atoms with Crippen LogP contribution in [0.2, 0.25) is 0 Å². The Labute approximate surface area is 178 Å². The summed E-state index contributed by atoms with van der Waals surface area (Å²) >= 11 is 0. The Kier molecular flexibility index (Phi) is 6.16. The second kappa shape index (κ2) is 8.98. The molecule has 3 aromatic rings. The molecule has 1 aliphatic rings. The third-order valence-corrected chi connectivity index (χ3v) is 5.82. The van der Waals surface area contributed by atoms with Crippen LogP contribution < -0.4 is 5.73 Å². The van der Waals surface area contributed by atoms with E-state index in [2.05, 4.69) is 48.2 Å². The van der Waals surface area contributed by atoms with E-state index >= 15 is 0 Å². The molecule has 4 rings (SSSR count). The molecule has 1 aromatic heterocycles. The summed E-state index contributed by atoms with van der Waals surface area (Å²) in [4.78, 5) is 16.2. The highest BCUT2D eigenvalue weighted by molar-refractivity contribution is 5.87. The number of likely N-dealkylation sites (tertiary alicyclic amines) is 1. The summed E-state index contributed by atoms with van der Waals surface area (Å²) in [5, 5.41) is 5.72. The average Bonchev–Trinajstić information content (AvgIpc) is 3.13. The molecule has 1 aliphatic heterocycles. The summed E-state index contributed by atoms with van der Waals surface area (Å²) in [7, 11) is 4.32. The van der Waals surface area contributed by atoms with E-state index in [1.54, 1.807) is 0 Å². The first kappa shape index (κ1) is 20.6. The molecule has 1 amide bonds. The monoisotopic (exact) mass is 405 g/mol. The Morgan fingerprint density at radius 1 is 1.20 bits per heavy atom. The lowest BCUT2D eigenvalue weighted by atomic mass is 9.97. The Bertz CT molecular complexity index is 1010. The first-order chi connectivity index (χ1) is 14.5. The number of primary amides is 1. The zero-order valence-corrected chi connectivity index (χ0v) is 17.9. The number of hydrogen-bond donors (Lipinski definition) is 1. The van der Waals surface area contributed by atoms with E-state index in [0.717, 1.165) is 34.6 Å². The van der Waals surface area contributed by atoms with Gasteiger partial charge in [-0.3, -0.25) is 9.69 Å². The minimum atomic E-state index is -0.341. The van der Waals surface area contributed by atoms with E-state index in [1.807, 2.05) is 29.1 Å². The topological polar surface area (TPSA) is 67.4 Å². The van der Waals surface area contributed by atoms with Crippen LogP contribution in [0.25, 0.3) is 16.6 Å². The number of nitrogens with zero attached hydrogens (tertiary/aromatic N) is 4. The number of aromatic nitrogens is 2. The van der Waals surface area contributed by atoms with Gasteiger partial charge in [0.1, 0.15) is 0 Å². The highest BCUT2D eigenvalue weighted by Crippen LogP contribution is 2.22. The van der Waals surface area contributed by atoms with Crippen molar-refractivity contribution in [2.45, 2.75) is 25.8 Å². The summed E-state index contributed by atoms with van der Waals surface area (Å²) in [5.74, 6) is 0.422. The molecule has 2 N–H and O–H groups in total. The standard InChI is InChI=1S/C24H31N5O/c1-27(2)14-19-5-4-12-28(16-19)15-18-8-10-22(11-9-18)29-17-21-7-3-6-20(13-23(25)30)24(21)26-29/h3,6-11,17,19H,4-5,12-16H2,1-2H3,(H2,25,30)/t19-/m1/s1. The number of fused-ring (bicyclic) bond motifs is 1. The maximum Gasteiger partial charge on any atom is 0.221 e. The molecular weight excluding hydrogens is 374 g/mol. The average molecular weight is 406 g/mol. The number of piperidine rings is 1. The molecule has 30 heavy (non-hydrogen) atoms. The van der Waals surface area contributed by atoms with Gasteiger partial charge in [0.05, 0.1) is 17.6 Å². The van der Waals surface area contributed by atoms with Crippen LogP contribution in [-0.2, 0) is 17.8 Å². The summed E-state index contributed by atoms with van der Waals surface area (Å²) in [6.45, 7) is 4.51. The molecule has 1 fully saturated rings. The Hall–Kier alpha value is -2.70. The van der Waals surface area contributed by atoms with Crippen molar-refractivity contribution in [2.24, 2.45) is 11.7 Å². The van der Waals surface area contributed by atoms with Crippen LogP contribution in [0.3, 0.4) is 0 Å². The quantitative estimate of drug-likeness (QED) is 0.656. The fourth-order valence-corrected chi connectivity index (χ4v) is 4.54. The third-order valence-electron chi connectivity index (χ3n) is 5.82. The summed E-state index contributed by atoms with van der Waals surface area (Å²) < 4.78 is 1.88. The van der Waals surface area contributed by atoms with Gasteiger partial charge < -0.3 is 10.6 Å². The lowest BCUT2D eigenvalue weighted by Crippen LogP contribution is -2.38. The van der Waals surface area contributed by atoms with Gasteiger partial charge >= 0.3 is 0 Å². The zero-order chi connectivity index (χ0) is 21.1. The molecular formula is C24H31N5O. The van der Waals surface area contributed by atoms with Gasteiger partial charge in [0.25, 0.3) is 0 Å². The number of amides is 1. The highest BCUT2D eigenvalue weighted by Gasteiger charge is 2.20. The summed E-state index contributed by atoms with van der Waals surface area (Å²) in [6, 6.07) is 14.5. The van der Waals surface area contributed by atoms with Crippen LogP contribution in [0, 0.1) is 5.92 Å². The highest BCUT2D eigenvalue weighted by atomic mass is 16.1. The second-order valence-corrected chi connectivity index (χ2v) is 8.74. The van der Waals surface area contributed by atoms with Crippen LogP contribution in [0.15, 0.2) is 48.7 Å². The van der Waals surface area contributed by atoms with Crippen molar-refractivity contribution >= 4 is 16.8 Å². The number of rotatable bonds is 7. The van der Waals surface area contributed by atoms with Crippen molar-refractivity contribution in [2.75, 3.05) is 33.7 Å². The van der Waals surface area contributed by atoms with Crippen molar-refractivity contribution in [1.29, 1.82) is 0 Å². The number of benzene rings is 2. The lowest BCUT2D eigenvalue weighted by molar-refractivity contribution is -0.117. The predicted molar refractivity (Wildman–Crippen MR) is 121 cm³/mol. The second-order valence-electron chi connectivity index (χ2n) is 8.74. The lowest BCUT2D eigenvalue weighted by Gasteiger charge is -2.34. The van der Waals surface area contributed by atoms with E-state index in [9.17, 15) is 4.79 Å². The van der Waals surface area contributed by atoms with Crippen molar-refractivity contribution < 1.29 is 4.79 Å². The van der Waals surface area contributed by atoms with Crippen molar-refractivity contribution in [3.05, 3.63) is 59.8 Å². The van der Waals surface area contributed by atoms with Gasteiger partial charge in [-0.15, -0.1) is 0 Å². The van der Waals surface area contributed by atoms with E-state index in [4.69, 9.17) is 10.8 Å². The van der Waals surface area contributed by atoms with E-state index in [0.29, 0.717) is 0 Å². The number of carbonyl (C=O) groups excluding carboxylic acids is 1. The molecule has 6 nitrogen and oxygen atoms in total. The van der Waals surface area contributed by atoms with Crippen LogP contribution in [0.1, 0.15) is 24.0 Å². The Morgan fingerprint density at radius 3 is 2.73 bits per heavy atom. The van der Waals surface area contributed by atoms with Crippen LogP contribution in [-0.4, -0.2) is 59.2 Å². The van der Waals surface area contributed by atoms with E-state index < -0.39 is 0 Å². The van der Waals surface area contributed by atoms with Gasteiger partial charge in [-0.1, -0.05) is 30.3 Å². The maximum absolute atomic E-state index is 11.3. The normalized spacial score (nSPS) is 17.6. The number of nitrogens with two attached hydrogens (primary N) is 1. The van der Waals surface area contributed by atoms with Crippen LogP contribution in [0.5, 0.6) is 0 Å². The van der Waals surface area contributed by atoms with Crippen LogP contribution >= 0.6 is 0 Å². The number of hydrogen-bond acceptors (Lipinski definition) is 4. The molecule has 2 aromatic carbocycles. The predicted octanol–water partition coefficient (Wildman–Crippen LogP) is 2.83. The molecule has 158 valence electrons. The van der Waals surface area contributed by atoms with Crippen molar-refractivity contribution in [3.63, 3.8) is 0 Å². The molecule has 1 atom stereocenters. The molecule has 1 saturated heterocycles. The van der Waals surface area contributed by atoms with Gasteiger partial charge in [-0.05, 0) is 62.7 Å². The van der Waals surface area contributed by atoms with Gasteiger partial charge in [0, 0.05) is 31.2 Å². The minimum Gasteiger partial charge on any atom is -0.369 e. The summed E-state index contributed by atoms with van der Waals surface area (Å²) in [6.07, 6.45) is 4.82. The third kappa shape index (κ3) is 4.89. The molecule has 0 saturated carbocycles. The van der Waals surface area contributed by atoms with Gasteiger partial charge in [-0.2, -0.15) is 5.10 Å². The Balaban J connectivity index is 1.46. The molecule has 2 heterocycles.